The minimum atomic E-state index is -0.777. The summed E-state index contributed by atoms with van der Waals surface area (Å²) >= 11 is 0. The lowest BCUT2D eigenvalue weighted by Crippen LogP contribution is -2.15. The summed E-state index contributed by atoms with van der Waals surface area (Å²) in [7, 11) is 0. The highest BCUT2D eigenvalue weighted by Gasteiger charge is 2.25. The van der Waals surface area contributed by atoms with Gasteiger partial charge in [-0.05, 0) is 78.8 Å². The van der Waals surface area contributed by atoms with Crippen LogP contribution in [-0.2, 0) is 0 Å². The molecular formula is C33H37F3O. The fraction of sp³-hybridized carbons (Fsp3) is 0.394. The lowest BCUT2D eigenvalue weighted by molar-refractivity contribution is 0.298. The zero-order chi connectivity index (χ0) is 26.2. The second-order valence-electron chi connectivity index (χ2n) is 10.1. The van der Waals surface area contributed by atoms with Gasteiger partial charge in [0.15, 0.2) is 23.2 Å². The van der Waals surface area contributed by atoms with Crippen LogP contribution in [0.15, 0.2) is 54.6 Å². The van der Waals surface area contributed by atoms with Gasteiger partial charge in [0.2, 0.25) is 0 Å². The van der Waals surface area contributed by atoms with Crippen molar-refractivity contribution in [2.45, 2.75) is 71.1 Å². The van der Waals surface area contributed by atoms with Gasteiger partial charge in [0.05, 0.1) is 6.61 Å². The minimum absolute atomic E-state index is 0.106. The quantitative estimate of drug-likeness (QED) is 0.196. The maximum Gasteiger partial charge on any atom is 0.166 e. The van der Waals surface area contributed by atoms with Crippen molar-refractivity contribution < 1.29 is 17.9 Å². The van der Waals surface area contributed by atoms with Crippen molar-refractivity contribution in [2.75, 3.05) is 6.61 Å². The average Bonchev–Trinajstić information content (AvgIpc) is 2.92. The molecule has 0 bridgehead atoms. The highest BCUT2D eigenvalue weighted by molar-refractivity contribution is 5.72. The topological polar surface area (TPSA) is 9.23 Å². The molecule has 3 aromatic carbocycles. The van der Waals surface area contributed by atoms with Crippen LogP contribution >= 0.6 is 0 Å². The molecule has 1 aliphatic rings. The number of unbranched alkanes of at least 4 members (excludes halogenated alkanes) is 2. The van der Waals surface area contributed by atoms with Crippen LogP contribution in [-0.4, -0.2) is 6.61 Å². The average molecular weight is 507 g/mol. The lowest BCUT2D eigenvalue weighted by Gasteiger charge is -2.29. The molecule has 3 aromatic rings. The summed E-state index contributed by atoms with van der Waals surface area (Å²) in [6.45, 7) is 4.44. The van der Waals surface area contributed by atoms with E-state index < -0.39 is 17.5 Å². The van der Waals surface area contributed by atoms with Gasteiger partial charge >= 0.3 is 0 Å². The Morgan fingerprint density at radius 3 is 2.19 bits per heavy atom. The molecule has 0 spiro atoms. The molecule has 0 unspecified atom stereocenters. The van der Waals surface area contributed by atoms with Crippen molar-refractivity contribution in [3.05, 3.63) is 88.7 Å². The number of hydrogen-bond acceptors (Lipinski definition) is 1. The summed E-state index contributed by atoms with van der Waals surface area (Å²) in [5.41, 5.74) is 3.22. The molecule has 0 radical (unpaired) electrons. The van der Waals surface area contributed by atoms with E-state index in [1.807, 2.05) is 37.3 Å². The van der Waals surface area contributed by atoms with Gasteiger partial charge in [-0.1, -0.05) is 87.2 Å². The first-order valence-corrected chi connectivity index (χ1v) is 13.7. The monoisotopic (exact) mass is 506 g/mol. The molecule has 0 saturated heterocycles. The van der Waals surface area contributed by atoms with Crippen LogP contribution in [0.2, 0.25) is 0 Å². The summed E-state index contributed by atoms with van der Waals surface area (Å²) in [5.74, 6) is -0.803. The second-order valence-corrected chi connectivity index (χ2v) is 10.1. The van der Waals surface area contributed by atoms with E-state index in [1.165, 1.54) is 31.7 Å². The highest BCUT2D eigenvalue weighted by atomic mass is 19.2. The molecule has 1 fully saturated rings. The fourth-order valence-electron chi connectivity index (χ4n) is 5.39. The Morgan fingerprint density at radius 1 is 0.784 bits per heavy atom. The van der Waals surface area contributed by atoms with Gasteiger partial charge < -0.3 is 4.74 Å². The molecule has 196 valence electrons. The van der Waals surface area contributed by atoms with Crippen molar-refractivity contribution in [3.8, 4) is 16.9 Å². The van der Waals surface area contributed by atoms with Gasteiger partial charge in [0, 0.05) is 5.56 Å². The van der Waals surface area contributed by atoms with Gasteiger partial charge in [-0.25, -0.2) is 13.2 Å². The first-order chi connectivity index (χ1) is 18.0. The van der Waals surface area contributed by atoms with Crippen LogP contribution in [0.25, 0.3) is 23.3 Å². The summed E-state index contributed by atoms with van der Waals surface area (Å²) in [5, 5.41) is 0. The Morgan fingerprint density at radius 2 is 1.51 bits per heavy atom. The van der Waals surface area contributed by atoms with E-state index in [4.69, 9.17) is 4.74 Å². The van der Waals surface area contributed by atoms with E-state index in [1.54, 1.807) is 30.4 Å². The highest BCUT2D eigenvalue weighted by Crippen LogP contribution is 2.39. The first kappa shape index (κ1) is 27.0. The molecule has 0 atom stereocenters. The third kappa shape index (κ3) is 6.85. The molecule has 0 aliphatic heterocycles. The van der Waals surface area contributed by atoms with Crippen LogP contribution in [0, 0.1) is 23.4 Å². The molecule has 0 heterocycles. The van der Waals surface area contributed by atoms with Crippen molar-refractivity contribution in [3.63, 3.8) is 0 Å². The largest absolute Gasteiger partial charge is 0.491 e. The van der Waals surface area contributed by atoms with E-state index in [2.05, 4.69) is 6.92 Å². The van der Waals surface area contributed by atoms with E-state index in [0.29, 0.717) is 12.2 Å². The third-order valence-electron chi connectivity index (χ3n) is 7.58. The summed E-state index contributed by atoms with van der Waals surface area (Å²) in [4.78, 5) is 0. The van der Waals surface area contributed by atoms with Crippen molar-refractivity contribution in [1.29, 1.82) is 0 Å². The van der Waals surface area contributed by atoms with Crippen molar-refractivity contribution in [2.24, 2.45) is 5.92 Å². The number of halogens is 3. The standard InChI is InChI=1S/C33H37F3O/c1-3-5-6-7-23-10-15-26(16-11-23)29-20-18-27(32(35)33(29)36)17-12-24-8-13-25(14-9-24)28-19-21-31(37-4-2)30(34)22-28/h8-9,12-14,17-23,26H,3-7,10-11,15-16H2,1-2H3/b17-12+. The Hall–Kier alpha value is -3.01. The number of rotatable bonds is 10. The Bertz CT molecular complexity index is 1190. The third-order valence-corrected chi connectivity index (χ3v) is 7.58. The number of benzene rings is 3. The molecule has 1 saturated carbocycles. The zero-order valence-corrected chi connectivity index (χ0v) is 21.9. The molecule has 0 aromatic heterocycles. The Labute approximate surface area is 219 Å². The van der Waals surface area contributed by atoms with Gasteiger partial charge in [-0.3, -0.25) is 0 Å². The molecule has 1 nitrogen and oxygen atoms in total. The lowest BCUT2D eigenvalue weighted by atomic mass is 9.76. The molecular weight excluding hydrogens is 469 g/mol. The van der Waals surface area contributed by atoms with Gasteiger partial charge in [-0.2, -0.15) is 0 Å². The summed E-state index contributed by atoms with van der Waals surface area (Å²) in [6.07, 6.45) is 12.5. The molecule has 4 heteroatoms. The molecule has 0 N–H and O–H groups in total. The second kappa shape index (κ2) is 13.0. The van der Waals surface area contributed by atoms with Crippen molar-refractivity contribution in [1.82, 2.24) is 0 Å². The summed E-state index contributed by atoms with van der Waals surface area (Å²) < 4.78 is 49.4. The summed E-state index contributed by atoms with van der Waals surface area (Å²) in [6, 6.07) is 15.9. The first-order valence-electron chi connectivity index (χ1n) is 13.7. The molecule has 1 aliphatic carbocycles. The maximum atomic E-state index is 15.0. The molecule has 0 amide bonds. The van der Waals surface area contributed by atoms with Crippen LogP contribution in [0.3, 0.4) is 0 Å². The van der Waals surface area contributed by atoms with Gasteiger partial charge in [0.25, 0.3) is 0 Å². The molecule has 4 rings (SSSR count). The fourth-order valence-corrected chi connectivity index (χ4v) is 5.39. The SMILES string of the molecule is CCCCCC1CCC(c2ccc(/C=C/c3ccc(-c4ccc(OCC)c(F)c4)cc3)c(F)c2F)CC1. The smallest absolute Gasteiger partial charge is 0.166 e. The van der Waals surface area contributed by atoms with Crippen LogP contribution in [0.5, 0.6) is 5.75 Å². The Balaban J connectivity index is 1.40. The normalized spacial score (nSPS) is 17.9. The number of ether oxygens (including phenoxy) is 1. The van der Waals surface area contributed by atoms with E-state index >= 15 is 4.39 Å². The van der Waals surface area contributed by atoms with Crippen molar-refractivity contribution >= 4 is 12.2 Å². The Kier molecular flexibility index (Phi) is 9.49. The predicted molar refractivity (Wildman–Crippen MR) is 147 cm³/mol. The predicted octanol–water partition coefficient (Wildman–Crippen LogP) is 10.2. The zero-order valence-electron chi connectivity index (χ0n) is 21.9. The minimum Gasteiger partial charge on any atom is -0.491 e. The van der Waals surface area contributed by atoms with Gasteiger partial charge in [0.1, 0.15) is 0 Å². The van der Waals surface area contributed by atoms with E-state index in [-0.39, 0.29) is 17.2 Å². The maximum absolute atomic E-state index is 15.0. The van der Waals surface area contributed by atoms with Crippen LogP contribution in [0.4, 0.5) is 13.2 Å². The van der Waals surface area contributed by atoms with E-state index in [9.17, 15) is 8.78 Å². The number of hydrogen-bond donors (Lipinski definition) is 0. The van der Waals surface area contributed by atoms with Crippen LogP contribution < -0.4 is 4.74 Å². The van der Waals surface area contributed by atoms with E-state index in [0.717, 1.165) is 48.3 Å². The van der Waals surface area contributed by atoms with Crippen LogP contribution in [0.1, 0.15) is 87.8 Å². The van der Waals surface area contributed by atoms with Gasteiger partial charge in [-0.15, -0.1) is 0 Å². The molecule has 37 heavy (non-hydrogen) atoms.